The van der Waals surface area contributed by atoms with E-state index in [1.807, 2.05) is 25.1 Å². The number of hydrogen-bond donors (Lipinski definition) is 0. The molecule has 1 aromatic heterocycles. The van der Waals surface area contributed by atoms with Gasteiger partial charge < -0.3 is 4.90 Å². The number of hydrogen-bond acceptors (Lipinski definition) is 4. The Kier molecular flexibility index (Phi) is 5.65. The Bertz CT molecular complexity index is 1090. The van der Waals surface area contributed by atoms with Crippen LogP contribution in [0, 0.1) is 0 Å². The standard InChI is InChI=1S/C22H23ClN4O2/c1-2-27-19-9-8-17(23)14-18(19)21(28)20(24-27)22(29)26-12-10-25(11-13-26)15-16-6-4-3-5-7-16/h3-9,14H,2,10-13,15H2,1H3. The lowest BCUT2D eigenvalue weighted by Gasteiger charge is -2.34. The van der Waals surface area contributed by atoms with Gasteiger partial charge in [-0.3, -0.25) is 19.2 Å². The number of aromatic nitrogens is 2. The minimum Gasteiger partial charge on any atom is -0.335 e. The Morgan fingerprint density at radius 2 is 1.79 bits per heavy atom. The summed E-state index contributed by atoms with van der Waals surface area (Å²) in [6, 6.07) is 15.4. The first-order chi connectivity index (χ1) is 14.1. The maximum Gasteiger partial charge on any atom is 0.278 e. The molecule has 0 N–H and O–H groups in total. The second-order valence-electron chi connectivity index (χ2n) is 7.21. The average Bonchev–Trinajstić information content (AvgIpc) is 2.75. The van der Waals surface area contributed by atoms with Gasteiger partial charge in [-0.2, -0.15) is 5.10 Å². The normalized spacial score (nSPS) is 15.0. The zero-order valence-corrected chi connectivity index (χ0v) is 17.1. The second kappa shape index (κ2) is 8.35. The summed E-state index contributed by atoms with van der Waals surface area (Å²) in [6.07, 6.45) is 0. The lowest BCUT2D eigenvalue weighted by molar-refractivity contribution is 0.0619. The molecule has 2 aromatic carbocycles. The SMILES string of the molecule is CCn1nc(C(=O)N2CCN(Cc3ccccc3)CC2)c(=O)c2cc(Cl)ccc21. The Morgan fingerprint density at radius 1 is 1.07 bits per heavy atom. The molecule has 0 aliphatic carbocycles. The monoisotopic (exact) mass is 410 g/mol. The van der Waals surface area contributed by atoms with E-state index in [2.05, 4.69) is 22.1 Å². The van der Waals surface area contributed by atoms with Crippen LogP contribution in [0.3, 0.4) is 0 Å². The summed E-state index contributed by atoms with van der Waals surface area (Å²) in [6.45, 7) is 6.03. The summed E-state index contributed by atoms with van der Waals surface area (Å²) >= 11 is 6.08. The number of carbonyl (C=O) groups is 1. The molecule has 2 heterocycles. The summed E-state index contributed by atoms with van der Waals surface area (Å²) in [5, 5.41) is 5.27. The van der Waals surface area contributed by atoms with E-state index < -0.39 is 0 Å². The molecule has 0 saturated carbocycles. The van der Waals surface area contributed by atoms with Crippen molar-refractivity contribution < 1.29 is 4.79 Å². The number of fused-ring (bicyclic) bond motifs is 1. The highest BCUT2D eigenvalue weighted by atomic mass is 35.5. The molecule has 0 unspecified atom stereocenters. The Balaban J connectivity index is 1.54. The van der Waals surface area contributed by atoms with Crippen LogP contribution in [0.2, 0.25) is 5.02 Å². The number of benzene rings is 2. The van der Waals surface area contributed by atoms with E-state index in [-0.39, 0.29) is 17.0 Å². The molecule has 1 amide bonds. The van der Waals surface area contributed by atoms with Gasteiger partial charge >= 0.3 is 0 Å². The van der Waals surface area contributed by atoms with Gasteiger partial charge in [0.2, 0.25) is 5.43 Å². The first kappa shape index (κ1) is 19.6. The van der Waals surface area contributed by atoms with E-state index in [1.54, 1.807) is 27.8 Å². The quantitative estimate of drug-likeness (QED) is 0.663. The Labute approximate surface area is 174 Å². The summed E-state index contributed by atoms with van der Waals surface area (Å²) in [7, 11) is 0. The van der Waals surface area contributed by atoms with Crippen molar-refractivity contribution in [1.29, 1.82) is 0 Å². The molecular formula is C22H23ClN4O2. The highest BCUT2D eigenvalue weighted by Crippen LogP contribution is 2.17. The van der Waals surface area contributed by atoms with Crippen molar-refractivity contribution in [3.8, 4) is 0 Å². The highest BCUT2D eigenvalue weighted by molar-refractivity contribution is 6.31. The molecule has 1 saturated heterocycles. The van der Waals surface area contributed by atoms with Crippen molar-refractivity contribution in [3.05, 3.63) is 75.0 Å². The molecule has 1 aliphatic heterocycles. The number of halogens is 1. The van der Waals surface area contributed by atoms with Crippen LogP contribution in [0.5, 0.6) is 0 Å². The molecule has 7 heteroatoms. The van der Waals surface area contributed by atoms with Crippen molar-refractivity contribution in [2.75, 3.05) is 26.2 Å². The van der Waals surface area contributed by atoms with Crippen molar-refractivity contribution in [2.24, 2.45) is 0 Å². The molecular weight excluding hydrogens is 388 g/mol. The van der Waals surface area contributed by atoms with E-state index in [9.17, 15) is 9.59 Å². The predicted octanol–water partition coefficient (Wildman–Crippen LogP) is 3.03. The maximum absolute atomic E-state index is 13.1. The smallest absolute Gasteiger partial charge is 0.278 e. The van der Waals surface area contributed by atoms with Gasteiger partial charge in [0.25, 0.3) is 5.91 Å². The first-order valence-corrected chi connectivity index (χ1v) is 10.2. The molecule has 0 bridgehead atoms. The zero-order chi connectivity index (χ0) is 20.4. The lowest BCUT2D eigenvalue weighted by atomic mass is 10.1. The predicted molar refractivity (Wildman–Crippen MR) is 114 cm³/mol. The average molecular weight is 411 g/mol. The summed E-state index contributed by atoms with van der Waals surface area (Å²) in [4.78, 5) is 30.1. The number of nitrogens with zero attached hydrogens (tertiary/aromatic N) is 4. The topological polar surface area (TPSA) is 58.4 Å². The maximum atomic E-state index is 13.1. The van der Waals surface area contributed by atoms with E-state index in [4.69, 9.17) is 11.6 Å². The number of piperazine rings is 1. The molecule has 0 spiro atoms. The third-order valence-corrected chi connectivity index (χ3v) is 5.56. The fourth-order valence-electron chi connectivity index (χ4n) is 3.74. The minimum atomic E-state index is -0.357. The van der Waals surface area contributed by atoms with E-state index in [0.29, 0.717) is 35.6 Å². The molecule has 0 atom stereocenters. The molecule has 1 aliphatic rings. The zero-order valence-electron chi connectivity index (χ0n) is 16.3. The van der Waals surface area contributed by atoms with Gasteiger partial charge in [-0.05, 0) is 30.7 Å². The number of aryl methyl sites for hydroxylation is 1. The molecule has 0 radical (unpaired) electrons. The molecule has 1 fully saturated rings. The summed E-state index contributed by atoms with van der Waals surface area (Å²) in [5.41, 5.74) is 1.55. The van der Waals surface area contributed by atoms with Crippen LogP contribution in [-0.4, -0.2) is 51.7 Å². The van der Waals surface area contributed by atoms with Gasteiger partial charge in [0.05, 0.1) is 10.9 Å². The molecule has 3 aromatic rings. The van der Waals surface area contributed by atoms with Gasteiger partial charge in [0.15, 0.2) is 5.69 Å². The molecule has 4 rings (SSSR count). The van der Waals surface area contributed by atoms with E-state index in [1.165, 1.54) is 5.56 Å². The van der Waals surface area contributed by atoms with Crippen LogP contribution >= 0.6 is 11.6 Å². The van der Waals surface area contributed by atoms with E-state index in [0.717, 1.165) is 19.6 Å². The van der Waals surface area contributed by atoms with Crippen LogP contribution < -0.4 is 5.43 Å². The van der Waals surface area contributed by atoms with Crippen LogP contribution in [0.25, 0.3) is 10.9 Å². The van der Waals surface area contributed by atoms with Crippen molar-refractivity contribution in [1.82, 2.24) is 19.6 Å². The summed E-state index contributed by atoms with van der Waals surface area (Å²) < 4.78 is 1.69. The van der Waals surface area contributed by atoms with Crippen molar-refractivity contribution in [2.45, 2.75) is 20.0 Å². The van der Waals surface area contributed by atoms with Gasteiger partial charge in [-0.25, -0.2) is 0 Å². The molecule has 6 nitrogen and oxygen atoms in total. The third-order valence-electron chi connectivity index (χ3n) is 5.33. The van der Waals surface area contributed by atoms with Crippen LogP contribution in [0.4, 0.5) is 0 Å². The minimum absolute atomic E-state index is 0.0295. The van der Waals surface area contributed by atoms with Crippen molar-refractivity contribution in [3.63, 3.8) is 0 Å². The third kappa shape index (κ3) is 4.04. The van der Waals surface area contributed by atoms with Gasteiger partial charge in [0.1, 0.15) is 0 Å². The second-order valence-corrected chi connectivity index (χ2v) is 7.65. The number of carbonyl (C=O) groups excluding carboxylic acids is 1. The lowest BCUT2D eigenvalue weighted by Crippen LogP contribution is -2.49. The van der Waals surface area contributed by atoms with Crippen LogP contribution in [-0.2, 0) is 13.1 Å². The van der Waals surface area contributed by atoms with Gasteiger partial charge in [-0.15, -0.1) is 0 Å². The van der Waals surface area contributed by atoms with E-state index >= 15 is 0 Å². The highest BCUT2D eigenvalue weighted by Gasteiger charge is 2.26. The summed E-state index contributed by atoms with van der Waals surface area (Å²) in [5.74, 6) is -0.307. The largest absolute Gasteiger partial charge is 0.335 e. The fourth-order valence-corrected chi connectivity index (χ4v) is 3.92. The number of amides is 1. The number of rotatable bonds is 4. The van der Waals surface area contributed by atoms with Crippen LogP contribution in [0.1, 0.15) is 23.0 Å². The van der Waals surface area contributed by atoms with Gasteiger partial charge in [0, 0.05) is 44.3 Å². The van der Waals surface area contributed by atoms with Crippen LogP contribution in [0.15, 0.2) is 53.3 Å². The molecule has 29 heavy (non-hydrogen) atoms. The molecule has 150 valence electrons. The first-order valence-electron chi connectivity index (χ1n) is 9.82. The van der Waals surface area contributed by atoms with Crippen molar-refractivity contribution >= 4 is 28.4 Å². The fraction of sp³-hybridized carbons (Fsp3) is 0.318. The Morgan fingerprint density at radius 3 is 2.48 bits per heavy atom. The Hall–Kier alpha value is -2.70. The van der Waals surface area contributed by atoms with Gasteiger partial charge in [-0.1, -0.05) is 41.9 Å².